The number of carbonyl (C=O) groups is 2. The van der Waals surface area contributed by atoms with Crippen molar-refractivity contribution in [2.45, 2.75) is 11.7 Å². The number of phenolic OH excluding ortho intramolecular Hbond substituents is 1. The number of hydrogen-bond acceptors (Lipinski definition) is 7. The van der Waals surface area contributed by atoms with Gasteiger partial charge in [-0.15, -0.1) is 0 Å². The second kappa shape index (κ2) is 9.16. The third-order valence-electron chi connectivity index (χ3n) is 2.17. The number of phenols is 1. The van der Waals surface area contributed by atoms with E-state index in [1.165, 1.54) is 24.3 Å². The molecule has 0 saturated heterocycles. The monoisotopic (exact) mass is 318 g/mol. The van der Waals surface area contributed by atoms with Crippen LogP contribution in [0.15, 0.2) is 24.3 Å². The summed E-state index contributed by atoms with van der Waals surface area (Å²) in [5, 5.41) is 17.0. The molecule has 0 amide bonds. The molecule has 0 aliphatic heterocycles. The fraction of sp³-hybridized carbons (Fsp3) is 0.200. The van der Waals surface area contributed by atoms with E-state index in [1.54, 1.807) is 0 Å². The van der Waals surface area contributed by atoms with Crippen molar-refractivity contribution in [3.63, 3.8) is 0 Å². The molecule has 0 bridgehead atoms. The van der Waals surface area contributed by atoms with Crippen molar-refractivity contribution in [1.29, 1.82) is 0 Å². The van der Waals surface area contributed by atoms with Crippen molar-refractivity contribution in [1.82, 2.24) is 0 Å². The summed E-state index contributed by atoms with van der Waals surface area (Å²) in [4.78, 5) is 22.0. The number of ketones is 1. The summed E-state index contributed by atoms with van der Waals surface area (Å²) < 4.78 is 31.9. The first kappa shape index (κ1) is 22.4. The van der Waals surface area contributed by atoms with Crippen LogP contribution in [-0.4, -0.2) is 35.1 Å². The minimum Gasteiger partial charge on any atom is -0.747 e. The number of aliphatic carboxylic acids is 1. The molecule has 0 saturated carbocycles. The smallest absolute Gasteiger partial charge is 0.747 e. The van der Waals surface area contributed by atoms with Crippen molar-refractivity contribution in [3.05, 3.63) is 29.8 Å². The van der Waals surface area contributed by atoms with Crippen LogP contribution in [-0.2, 0) is 14.9 Å². The zero-order valence-electron chi connectivity index (χ0n) is 10.9. The van der Waals surface area contributed by atoms with Gasteiger partial charge in [0.15, 0.2) is 5.78 Å². The second-order valence-electron chi connectivity index (χ2n) is 3.47. The van der Waals surface area contributed by atoms with Gasteiger partial charge in [-0.3, -0.25) is 4.79 Å². The Hall–Kier alpha value is 0.0700. The van der Waals surface area contributed by atoms with Crippen LogP contribution in [0.5, 0.6) is 5.75 Å². The molecule has 1 unspecified atom stereocenters. The van der Waals surface area contributed by atoms with Crippen LogP contribution in [0.1, 0.15) is 16.8 Å². The molecule has 1 aromatic rings. The SMILES string of the molecule is O=C(CC(C(=O)[O-])S(=O)(=O)[O-])c1ccc(O)cc1.[Na+].[Na+]. The quantitative estimate of drug-likeness (QED) is 0.324. The number of carboxylic acids is 1. The van der Waals surface area contributed by atoms with E-state index >= 15 is 0 Å². The molecule has 20 heavy (non-hydrogen) atoms. The van der Waals surface area contributed by atoms with Gasteiger partial charge in [-0.1, -0.05) is 0 Å². The largest absolute Gasteiger partial charge is 1.00 e. The summed E-state index contributed by atoms with van der Waals surface area (Å²) in [6, 6.07) is 4.71. The minimum absolute atomic E-state index is 0. The molecule has 10 heteroatoms. The van der Waals surface area contributed by atoms with Gasteiger partial charge >= 0.3 is 59.1 Å². The van der Waals surface area contributed by atoms with E-state index in [9.17, 15) is 27.7 Å². The van der Waals surface area contributed by atoms with Gasteiger partial charge in [0.2, 0.25) is 0 Å². The van der Waals surface area contributed by atoms with E-state index in [2.05, 4.69) is 0 Å². The molecule has 0 aromatic heterocycles. The van der Waals surface area contributed by atoms with Crippen LogP contribution >= 0.6 is 0 Å². The van der Waals surface area contributed by atoms with E-state index in [4.69, 9.17) is 5.11 Å². The molecular formula is C10H8Na2O7S. The fourth-order valence-electron chi connectivity index (χ4n) is 1.24. The first-order valence-corrected chi connectivity index (χ1v) is 6.16. The number of rotatable bonds is 5. The van der Waals surface area contributed by atoms with Gasteiger partial charge in [0.05, 0.1) is 11.2 Å². The maximum atomic E-state index is 11.5. The molecule has 1 N–H and O–H groups in total. The number of benzene rings is 1. The molecule has 0 spiro atoms. The van der Waals surface area contributed by atoms with Gasteiger partial charge < -0.3 is 19.6 Å². The summed E-state index contributed by atoms with van der Waals surface area (Å²) in [6.07, 6.45) is -1.00. The molecule has 7 nitrogen and oxygen atoms in total. The topological polar surface area (TPSA) is 135 Å². The third kappa shape index (κ3) is 6.68. The Morgan fingerprint density at radius 2 is 1.60 bits per heavy atom. The van der Waals surface area contributed by atoms with E-state index in [0.717, 1.165) is 0 Å². The maximum Gasteiger partial charge on any atom is 1.00 e. The van der Waals surface area contributed by atoms with E-state index < -0.39 is 33.5 Å². The Labute approximate surface area is 159 Å². The molecule has 0 aliphatic carbocycles. The maximum absolute atomic E-state index is 11.5. The van der Waals surface area contributed by atoms with Crippen LogP contribution in [0.25, 0.3) is 0 Å². The number of hydrogen-bond donors (Lipinski definition) is 1. The summed E-state index contributed by atoms with van der Waals surface area (Å²) in [6.45, 7) is 0. The average molecular weight is 318 g/mol. The van der Waals surface area contributed by atoms with Gasteiger partial charge in [-0.2, -0.15) is 0 Å². The summed E-state index contributed by atoms with van der Waals surface area (Å²) >= 11 is 0. The predicted octanol–water partition coefficient (Wildman–Crippen LogP) is -7.36. The summed E-state index contributed by atoms with van der Waals surface area (Å²) in [5.74, 6) is -3.07. The van der Waals surface area contributed by atoms with E-state index in [0.29, 0.717) is 0 Å². The van der Waals surface area contributed by atoms with Crippen LogP contribution < -0.4 is 64.2 Å². The van der Waals surface area contributed by atoms with Crippen molar-refractivity contribution >= 4 is 21.9 Å². The predicted molar refractivity (Wildman–Crippen MR) is 55.5 cm³/mol. The number of carbonyl (C=O) groups excluding carboxylic acids is 2. The first-order chi connectivity index (χ1) is 8.21. The van der Waals surface area contributed by atoms with Crippen molar-refractivity contribution in [2.24, 2.45) is 0 Å². The third-order valence-corrected chi connectivity index (χ3v) is 3.23. The molecule has 0 fully saturated rings. The van der Waals surface area contributed by atoms with Crippen molar-refractivity contribution < 1.29 is 91.9 Å². The summed E-state index contributed by atoms with van der Waals surface area (Å²) in [5.41, 5.74) is -0.0114. The Bertz CT molecular complexity index is 568. The molecule has 0 aliphatic rings. The van der Waals surface area contributed by atoms with Crippen LogP contribution in [0.3, 0.4) is 0 Å². The van der Waals surface area contributed by atoms with E-state index in [1.807, 2.05) is 0 Å². The zero-order chi connectivity index (χ0) is 13.9. The van der Waals surface area contributed by atoms with Crippen LogP contribution in [0.2, 0.25) is 0 Å². The van der Waals surface area contributed by atoms with Crippen LogP contribution in [0.4, 0.5) is 0 Å². The Morgan fingerprint density at radius 3 is 1.95 bits per heavy atom. The molecule has 1 atom stereocenters. The average Bonchev–Trinajstić information content (AvgIpc) is 2.24. The minimum atomic E-state index is -5.16. The number of Topliss-reactive ketones (excluding diaryl/α,β-unsaturated/α-hetero) is 1. The summed E-state index contributed by atoms with van der Waals surface area (Å²) in [7, 11) is -5.16. The Morgan fingerprint density at radius 1 is 1.15 bits per heavy atom. The van der Waals surface area contributed by atoms with Crippen molar-refractivity contribution in [2.75, 3.05) is 0 Å². The molecule has 0 radical (unpaired) electrons. The molecule has 0 heterocycles. The number of aromatic hydroxyl groups is 1. The first-order valence-electron chi connectivity index (χ1n) is 4.69. The molecule has 1 rings (SSSR count). The molecular weight excluding hydrogens is 310 g/mol. The van der Waals surface area contributed by atoms with Crippen LogP contribution in [0, 0.1) is 0 Å². The molecule has 1 aromatic carbocycles. The fourth-order valence-corrected chi connectivity index (χ4v) is 1.83. The Kier molecular flexibility index (Phi) is 10.2. The van der Waals surface area contributed by atoms with Gasteiger partial charge in [0, 0.05) is 12.0 Å². The van der Waals surface area contributed by atoms with Gasteiger partial charge in [0.1, 0.15) is 15.9 Å². The van der Waals surface area contributed by atoms with Gasteiger partial charge in [0.25, 0.3) is 0 Å². The second-order valence-corrected chi connectivity index (χ2v) is 5.03. The normalized spacial score (nSPS) is 11.7. The number of carboxylic acid groups (broad SMARTS) is 1. The van der Waals surface area contributed by atoms with Crippen molar-refractivity contribution in [3.8, 4) is 5.75 Å². The van der Waals surface area contributed by atoms with Gasteiger partial charge in [-0.05, 0) is 24.3 Å². The molecule has 98 valence electrons. The zero-order valence-corrected chi connectivity index (χ0v) is 15.7. The standard InChI is InChI=1S/C10H10O7S.2Na/c11-7-3-1-6(2-4-7)8(12)5-9(10(13)14)18(15,16)17;;/h1-4,9,11H,5H2,(H,13,14)(H,15,16,17);;/q;2*+1/p-2. The van der Waals surface area contributed by atoms with Gasteiger partial charge in [-0.25, -0.2) is 8.42 Å². The Balaban J connectivity index is 0. The van der Waals surface area contributed by atoms with E-state index in [-0.39, 0.29) is 70.4 Å².